The van der Waals surface area contributed by atoms with Crippen molar-refractivity contribution in [1.82, 2.24) is 0 Å². The van der Waals surface area contributed by atoms with Crippen molar-refractivity contribution in [3.63, 3.8) is 0 Å². The van der Waals surface area contributed by atoms with Crippen molar-refractivity contribution >= 4 is 11.9 Å². The summed E-state index contributed by atoms with van der Waals surface area (Å²) in [4.78, 5) is 18.2. The van der Waals surface area contributed by atoms with E-state index in [9.17, 15) is 0 Å². The second-order valence-electron chi connectivity index (χ2n) is 4.22. The van der Waals surface area contributed by atoms with Gasteiger partial charge in [0.25, 0.3) is 0 Å². The van der Waals surface area contributed by atoms with Crippen LogP contribution in [0.25, 0.3) is 0 Å². The van der Waals surface area contributed by atoms with E-state index in [0.29, 0.717) is 6.04 Å². The number of hydrogen-bond donors (Lipinski definition) is 3. The number of hydrogen-bond acceptors (Lipinski definition) is 5. The van der Waals surface area contributed by atoms with Crippen molar-refractivity contribution in [3.05, 3.63) is 0 Å². The minimum Gasteiger partial charge on any atom is -0.473 e. The maximum absolute atomic E-state index is 9.10. The zero-order valence-electron chi connectivity index (χ0n) is 11.4. The predicted octanol–water partition coefficient (Wildman–Crippen LogP) is 0.813. The van der Waals surface area contributed by atoms with Crippen LogP contribution in [0.1, 0.15) is 39.5 Å². The normalized spacial score (nSPS) is 18.3. The van der Waals surface area contributed by atoms with Crippen molar-refractivity contribution in [2.45, 2.75) is 51.4 Å². The van der Waals surface area contributed by atoms with Crippen LogP contribution in [0.5, 0.6) is 0 Å². The molecule has 0 aromatic heterocycles. The van der Waals surface area contributed by atoms with Crippen molar-refractivity contribution < 1.29 is 29.3 Å². The first-order valence-corrected chi connectivity index (χ1v) is 6.36. The van der Waals surface area contributed by atoms with Crippen LogP contribution in [0.15, 0.2) is 0 Å². The van der Waals surface area contributed by atoms with Gasteiger partial charge in [-0.2, -0.15) is 0 Å². The SMILES string of the molecule is CCOC1(OCC)CCC(N)CC1.O=C(O)C(=O)O. The molecule has 112 valence electrons. The molecular weight excluding hydrogens is 254 g/mol. The van der Waals surface area contributed by atoms with Gasteiger partial charge in [0.1, 0.15) is 0 Å². The highest BCUT2D eigenvalue weighted by atomic mass is 16.7. The Hall–Kier alpha value is -1.18. The molecule has 0 heterocycles. The van der Waals surface area contributed by atoms with Crippen molar-refractivity contribution in [1.29, 1.82) is 0 Å². The third-order valence-corrected chi connectivity index (χ3v) is 2.79. The number of nitrogens with two attached hydrogens (primary N) is 1. The van der Waals surface area contributed by atoms with E-state index in [1.165, 1.54) is 0 Å². The number of rotatable bonds is 4. The van der Waals surface area contributed by atoms with Crippen LogP contribution in [-0.2, 0) is 19.1 Å². The zero-order chi connectivity index (χ0) is 14.9. The van der Waals surface area contributed by atoms with Gasteiger partial charge in [0, 0.05) is 32.1 Å². The molecular formula is C12H23NO6. The monoisotopic (exact) mass is 277 g/mol. The molecule has 7 heteroatoms. The van der Waals surface area contributed by atoms with Crippen LogP contribution in [0.2, 0.25) is 0 Å². The van der Waals surface area contributed by atoms with Crippen molar-refractivity contribution in [3.8, 4) is 0 Å². The smallest absolute Gasteiger partial charge is 0.414 e. The van der Waals surface area contributed by atoms with Crippen molar-refractivity contribution in [2.24, 2.45) is 5.73 Å². The van der Waals surface area contributed by atoms with Gasteiger partial charge in [0.05, 0.1) is 0 Å². The predicted molar refractivity (Wildman–Crippen MR) is 67.7 cm³/mol. The average Bonchev–Trinajstić information content (AvgIpc) is 2.34. The molecule has 0 atom stereocenters. The molecule has 1 aliphatic carbocycles. The van der Waals surface area contributed by atoms with Crippen LogP contribution in [0, 0.1) is 0 Å². The maximum Gasteiger partial charge on any atom is 0.414 e. The van der Waals surface area contributed by atoms with E-state index in [4.69, 9.17) is 35.0 Å². The lowest BCUT2D eigenvalue weighted by Gasteiger charge is -2.38. The molecule has 0 amide bonds. The first-order chi connectivity index (χ1) is 8.87. The molecule has 19 heavy (non-hydrogen) atoms. The molecule has 4 N–H and O–H groups in total. The standard InChI is InChI=1S/C10H21NO2.C2H2O4/c1-3-12-10(13-4-2)7-5-9(11)6-8-10;3-1(4)2(5)6/h9H,3-8,11H2,1-2H3;(H,3,4)(H,5,6). The van der Waals surface area contributed by atoms with E-state index in [2.05, 4.69) is 0 Å². The van der Waals surface area contributed by atoms with Crippen LogP contribution in [0.4, 0.5) is 0 Å². The third-order valence-electron chi connectivity index (χ3n) is 2.79. The lowest BCUT2D eigenvalue weighted by atomic mass is 9.90. The molecule has 0 unspecified atom stereocenters. The molecule has 0 spiro atoms. The molecule has 0 bridgehead atoms. The minimum absolute atomic E-state index is 0.320. The second kappa shape index (κ2) is 8.84. The highest BCUT2D eigenvalue weighted by Crippen LogP contribution is 2.32. The molecule has 7 nitrogen and oxygen atoms in total. The van der Waals surface area contributed by atoms with Gasteiger partial charge in [-0.1, -0.05) is 0 Å². The number of carboxylic acid groups (broad SMARTS) is 2. The van der Waals surface area contributed by atoms with E-state index in [1.54, 1.807) is 0 Å². The Labute approximate surface area is 112 Å². The Bertz CT molecular complexity index is 266. The summed E-state index contributed by atoms with van der Waals surface area (Å²) in [5.74, 6) is -3.97. The fourth-order valence-electron chi connectivity index (χ4n) is 1.94. The summed E-state index contributed by atoms with van der Waals surface area (Å²) in [5, 5.41) is 14.8. The van der Waals surface area contributed by atoms with Crippen LogP contribution >= 0.6 is 0 Å². The summed E-state index contributed by atoms with van der Waals surface area (Å²) in [6.07, 6.45) is 3.91. The highest BCUT2D eigenvalue weighted by molar-refractivity contribution is 6.27. The molecule has 0 aromatic rings. The summed E-state index contributed by atoms with van der Waals surface area (Å²) >= 11 is 0. The Morgan fingerprint density at radius 2 is 1.47 bits per heavy atom. The van der Waals surface area contributed by atoms with Crippen molar-refractivity contribution in [2.75, 3.05) is 13.2 Å². The minimum atomic E-state index is -1.82. The summed E-state index contributed by atoms with van der Waals surface area (Å²) in [7, 11) is 0. The molecule has 1 aliphatic rings. The zero-order valence-corrected chi connectivity index (χ0v) is 11.4. The third kappa shape index (κ3) is 7.09. The lowest BCUT2D eigenvalue weighted by molar-refractivity contribution is -0.249. The van der Waals surface area contributed by atoms with Crippen LogP contribution in [0.3, 0.4) is 0 Å². The quantitative estimate of drug-likeness (QED) is 0.514. The fourth-order valence-corrected chi connectivity index (χ4v) is 1.94. The first kappa shape index (κ1) is 17.8. The second-order valence-corrected chi connectivity index (χ2v) is 4.22. The van der Waals surface area contributed by atoms with E-state index in [0.717, 1.165) is 38.9 Å². The molecule has 0 radical (unpaired) electrons. The number of ether oxygens (including phenoxy) is 2. The lowest BCUT2D eigenvalue weighted by Crippen LogP contribution is -2.43. The number of carbonyl (C=O) groups is 2. The van der Waals surface area contributed by atoms with Gasteiger partial charge in [0.15, 0.2) is 5.79 Å². The van der Waals surface area contributed by atoms with Gasteiger partial charge < -0.3 is 25.4 Å². The van der Waals surface area contributed by atoms with Gasteiger partial charge in [0.2, 0.25) is 0 Å². The molecule has 1 fully saturated rings. The summed E-state index contributed by atoms with van der Waals surface area (Å²) < 4.78 is 11.4. The Kier molecular flexibility index (Phi) is 8.29. The maximum atomic E-state index is 9.10. The molecule has 0 saturated heterocycles. The van der Waals surface area contributed by atoms with E-state index in [-0.39, 0.29) is 5.79 Å². The van der Waals surface area contributed by atoms with Gasteiger partial charge >= 0.3 is 11.9 Å². The van der Waals surface area contributed by atoms with Gasteiger partial charge in [-0.05, 0) is 26.7 Å². The van der Waals surface area contributed by atoms with Crippen LogP contribution in [-0.4, -0.2) is 47.2 Å². The Morgan fingerprint density at radius 1 is 1.11 bits per heavy atom. The van der Waals surface area contributed by atoms with Gasteiger partial charge in [-0.15, -0.1) is 0 Å². The largest absolute Gasteiger partial charge is 0.473 e. The molecule has 0 aliphatic heterocycles. The van der Waals surface area contributed by atoms with E-state index in [1.807, 2.05) is 13.8 Å². The fraction of sp³-hybridized carbons (Fsp3) is 0.833. The number of carboxylic acids is 2. The van der Waals surface area contributed by atoms with E-state index >= 15 is 0 Å². The summed E-state index contributed by atoms with van der Waals surface area (Å²) in [6, 6.07) is 0.342. The Morgan fingerprint density at radius 3 is 1.74 bits per heavy atom. The van der Waals surface area contributed by atoms with Gasteiger partial charge in [-0.25, -0.2) is 9.59 Å². The number of aliphatic carboxylic acids is 2. The first-order valence-electron chi connectivity index (χ1n) is 6.36. The Balaban J connectivity index is 0.000000459. The molecule has 1 rings (SSSR count). The topological polar surface area (TPSA) is 119 Å². The molecule has 0 aromatic carbocycles. The highest BCUT2D eigenvalue weighted by Gasteiger charge is 2.35. The molecule has 1 saturated carbocycles. The summed E-state index contributed by atoms with van der Waals surface area (Å²) in [6.45, 7) is 5.45. The van der Waals surface area contributed by atoms with E-state index < -0.39 is 11.9 Å². The van der Waals surface area contributed by atoms with Crippen LogP contribution < -0.4 is 5.73 Å². The summed E-state index contributed by atoms with van der Waals surface area (Å²) in [5.41, 5.74) is 5.84. The average molecular weight is 277 g/mol. The van der Waals surface area contributed by atoms with Gasteiger partial charge in [-0.3, -0.25) is 0 Å².